The zero-order valence-corrected chi connectivity index (χ0v) is 41.2. The summed E-state index contributed by atoms with van der Waals surface area (Å²) in [6, 6.07) is -0.566. The quantitative estimate of drug-likeness (QED) is 0.0322. The van der Waals surface area contributed by atoms with Crippen molar-refractivity contribution in [1.29, 1.82) is 0 Å². The van der Waals surface area contributed by atoms with Gasteiger partial charge in [0.25, 0.3) is 0 Å². The molecule has 0 spiro atoms. The summed E-state index contributed by atoms with van der Waals surface area (Å²) in [7, 11) is 0. The molecule has 6 nitrogen and oxygen atoms in total. The van der Waals surface area contributed by atoms with E-state index in [1.165, 1.54) is 193 Å². The molecule has 0 fully saturated rings. The number of hydrogen-bond donors (Lipinski definition) is 3. The van der Waals surface area contributed by atoms with Crippen molar-refractivity contribution in [3.05, 3.63) is 12.2 Å². The number of unbranched alkanes of at least 4 members (excludes halogenated alkanes) is 38. The third-order valence-electron chi connectivity index (χ3n) is 12.8. The molecule has 0 aliphatic heterocycles. The van der Waals surface area contributed by atoms with E-state index in [4.69, 9.17) is 4.74 Å². The maximum atomic E-state index is 12.5. The first kappa shape index (κ1) is 59.6. The Bertz CT molecular complexity index is 909. The van der Waals surface area contributed by atoms with E-state index in [9.17, 15) is 19.8 Å². The topological polar surface area (TPSA) is 95.9 Å². The van der Waals surface area contributed by atoms with Crippen molar-refractivity contribution in [2.75, 3.05) is 13.2 Å². The monoisotopic (exact) mass is 862 g/mol. The van der Waals surface area contributed by atoms with Gasteiger partial charge in [-0.25, -0.2) is 0 Å². The summed E-state index contributed by atoms with van der Waals surface area (Å²) in [6.45, 7) is 4.89. The van der Waals surface area contributed by atoms with Gasteiger partial charge < -0.3 is 20.3 Å². The minimum Gasteiger partial charge on any atom is -0.466 e. The molecule has 0 aromatic rings. The second kappa shape index (κ2) is 51.2. The van der Waals surface area contributed by atoms with Gasteiger partial charge in [0.05, 0.1) is 25.4 Å². The number of ether oxygens (including phenoxy) is 1. The molecule has 0 radical (unpaired) electrons. The van der Waals surface area contributed by atoms with Crippen LogP contribution in [0.1, 0.15) is 303 Å². The molecule has 0 heterocycles. The van der Waals surface area contributed by atoms with Gasteiger partial charge in [0, 0.05) is 12.8 Å². The van der Waals surface area contributed by atoms with Crippen LogP contribution < -0.4 is 5.32 Å². The number of amides is 1. The van der Waals surface area contributed by atoms with Gasteiger partial charge in [0.2, 0.25) is 5.91 Å². The lowest BCUT2D eigenvalue weighted by molar-refractivity contribution is -0.143. The summed E-state index contributed by atoms with van der Waals surface area (Å²) < 4.78 is 5.44. The molecule has 6 heteroatoms. The molecule has 0 aliphatic carbocycles. The molecule has 2 atom stereocenters. The van der Waals surface area contributed by atoms with Crippen LogP contribution >= 0.6 is 0 Å². The molecule has 2 unspecified atom stereocenters. The van der Waals surface area contributed by atoms with Crippen LogP contribution in [0.2, 0.25) is 0 Å². The summed E-state index contributed by atoms with van der Waals surface area (Å²) in [5, 5.41) is 23.3. The van der Waals surface area contributed by atoms with Crippen LogP contribution in [0, 0.1) is 0 Å². The van der Waals surface area contributed by atoms with Gasteiger partial charge in [-0.3, -0.25) is 9.59 Å². The first-order chi connectivity index (χ1) is 30.0. The van der Waals surface area contributed by atoms with E-state index in [1.807, 2.05) is 0 Å². The fourth-order valence-electron chi connectivity index (χ4n) is 8.58. The molecule has 0 aromatic heterocycles. The van der Waals surface area contributed by atoms with E-state index in [0.29, 0.717) is 25.9 Å². The van der Waals surface area contributed by atoms with Gasteiger partial charge in [0.15, 0.2) is 0 Å². The highest BCUT2D eigenvalue weighted by Crippen LogP contribution is 2.17. The van der Waals surface area contributed by atoms with Crippen molar-refractivity contribution in [2.45, 2.75) is 315 Å². The van der Waals surface area contributed by atoms with Crippen molar-refractivity contribution in [2.24, 2.45) is 0 Å². The van der Waals surface area contributed by atoms with Crippen molar-refractivity contribution in [3.8, 4) is 0 Å². The van der Waals surface area contributed by atoms with Gasteiger partial charge >= 0.3 is 5.97 Å². The number of aliphatic hydroxyl groups is 2. The highest BCUT2D eigenvalue weighted by atomic mass is 16.5. The molecule has 0 bridgehead atoms. The Kier molecular flexibility index (Phi) is 50.1. The maximum absolute atomic E-state index is 12.5. The van der Waals surface area contributed by atoms with E-state index in [2.05, 4.69) is 31.3 Å². The number of esters is 1. The summed E-state index contributed by atoms with van der Waals surface area (Å²) in [6.07, 6.45) is 59.1. The fraction of sp³-hybridized carbons (Fsp3) is 0.927. The minimum atomic E-state index is -0.685. The third kappa shape index (κ3) is 47.9. The zero-order valence-electron chi connectivity index (χ0n) is 41.2. The molecular formula is C55H107NO5. The first-order valence-corrected chi connectivity index (χ1v) is 27.4. The molecular weight excluding hydrogens is 755 g/mol. The van der Waals surface area contributed by atoms with E-state index >= 15 is 0 Å². The molecule has 0 rings (SSSR count). The van der Waals surface area contributed by atoms with Crippen LogP contribution in [0.5, 0.6) is 0 Å². The van der Waals surface area contributed by atoms with Crippen LogP contribution in [-0.2, 0) is 14.3 Å². The molecule has 61 heavy (non-hydrogen) atoms. The van der Waals surface area contributed by atoms with Crippen molar-refractivity contribution >= 4 is 11.9 Å². The molecule has 1 amide bonds. The summed E-state index contributed by atoms with van der Waals surface area (Å²) in [5.41, 5.74) is 0. The van der Waals surface area contributed by atoms with E-state index < -0.39 is 12.1 Å². The van der Waals surface area contributed by atoms with Crippen molar-refractivity contribution in [1.82, 2.24) is 5.32 Å². The number of aliphatic hydroxyl groups excluding tert-OH is 2. The lowest BCUT2D eigenvalue weighted by Gasteiger charge is -2.22. The average molecular weight is 862 g/mol. The molecule has 362 valence electrons. The Morgan fingerprint density at radius 2 is 0.770 bits per heavy atom. The van der Waals surface area contributed by atoms with Crippen LogP contribution in [0.25, 0.3) is 0 Å². The van der Waals surface area contributed by atoms with Crippen LogP contribution in [0.15, 0.2) is 12.2 Å². The zero-order chi connectivity index (χ0) is 44.4. The van der Waals surface area contributed by atoms with Gasteiger partial charge in [-0.2, -0.15) is 0 Å². The van der Waals surface area contributed by atoms with Crippen LogP contribution in [0.4, 0.5) is 0 Å². The average Bonchev–Trinajstić information content (AvgIpc) is 3.26. The molecule has 0 saturated carbocycles. The second-order valence-corrected chi connectivity index (χ2v) is 18.9. The third-order valence-corrected chi connectivity index (χ3v) is 12.8. The molecule has 0 aliphatic rings. The Balaban J connectivity index is 3.50. The largest absolute Gasteiger partial charge is 0.466 e. The summed E-state index contributed by atoms with van der Waals surface area (Å²) >= 11 is 0. The predicted molar refractivity (Wildman–Crippen MR) is 264 cm³/mol. The number of carbonyl (C=O) groups is 2. The Hall–Kier alpha value is -1.40. The SMILES string of the molecule is CCCCCCCCCCCCCCCCCCCCCC(O)C(CO)NC(=O)CCCCCC/C=C\CCCCOC(=O)CCCCCCCCCCCCCCCCC. The van der Waals surface area contributed by atoms with Gasteiger partial charge in [-0.1, -0.05) is 251 Å². The number of carbonyl (C=O) groups excluding carboxylic acids is 2. The minimum absolute atomic E-state index is 0.0327. The summed E-state index contributed by atoms with van der Waals surface area (Å²) in [5.74, 6) is -0.100. The fourth-order valence-corrected chi connectivity index (χ4v) is 8.58. The standard InChI is InChI=1S/C55H107NO5/c1-3-5-7-9-11-13-15-17-19-20-21-22-24-25-27-31-35-39-43-47-53(58)52(51-57)56-54(59)48-44-40-36-32-29-30-34-38-42-46-50-61-55(60)49-45-41-37-33-28-26-23-18-16-14-12-10-8-6-4-2/h30,34,52-53,57-58H,3-29,31-33,35-51H2,1-2H3,(H,56,59)/b34-30-. The number of hydrogen-bond acceptors (Lipinski definition) is 5. The number of rotatable bonds is 51. The second-order valence-electron chi connectivity index (χ2n) is 18.9. The lowest BCUT2D eigenvalue weighted by atomic mass is 10.0. The van der Waals surface area contributed by atoms with E-state index in [0.717, 1.165) is 77.0 Å². The van der Waals surface area contributed by atoms with Gasteiger partial charge in [-0.15, -0.1) is 0 Å². The normalized spacial score (nSPS) is 12.7. The number of allylic oxidation sites excluding steroid dienone is 2. The maximum Gasteiger partial charge on any atom is 0.305 e. The van der Waals surface area contributed by atoms with Crippen molar-refractivity contribution < 1.29 is 24.5 Å². The van der Waals surface area contributed by atoms with Crippen molar-refractivity contribution in [3.63, 3.8) is 0 Å². The van der Waals surface area contributed by atoms with Gasteiger partial charge in [-0.05, 0) is 51.4 Å². The molecule has 0 saturated heterocycles. The smallest absolute Gasteiger partial charge is 0.305 e. The van der Waals surface area contributed by atoms with Crippen LogP contribution in [-0.4, -0.2) is 47.4 Å². The molecule has 3 N–H and O–H groups in total. The van der Waals surface area contributed by atoms with Gasteiger partial charge in [0.1, 0.15) is 0 Å². The Morgan fingerprint density at radius 3 is 1.16 bits per heavy atom. The molecule has 0 aromatic carbocycles. The summed E-state index contributed by atoms with van der Waals surface area (Å²) in [4.78, 5) is 24.5. The Morgan fingerprint density at radius 1 is 0.443 bits per heavy atom. The predicted octanol–water partition coefficient (Wildman–Crippen LogP) is 16.5. The van der Waals surface area contributed by atoms with E-state index in [1.54, 1.807) is 0 Å². The van der Waals surface area contributed by atoms with E-state index in [-0.39, 0.29) is 18.5 Å². The number of nitrogens with one attached hydrogen (secondary N) is 1. The highest BCUT2D eigenvalue weighted by Gasteiger charge is 2.20. The Labute approximate surface area is 380 Å². The highest BCUT2D eigenvalue weighted by molar-refractivity contribution is 5.76. The lowest BCUT2D eigenvalue weighted by Crippen LogP contribution is -2.45. The first-order valence-electron chi connectivity index (χ1n) is 27.4. The van der Waals surface area contributed by atoms with Crippen LogP contribution in [0.3, 0.4) is 0 Å².